The minimum absolute atomic E-state index is 0.133. The van der Waals surface area contributed by atoms with Crippen molar-refractivity contribution in [3.63, 3.8) is 0 Å². The number of methoxy groups -OCH3 is 1. The second kappa shape index (κ2) is 11.2. The molecule has 0 aliphatic rings. The summed E-state index contributed by atoms with van der Waals surface area (Å²) in [4.78, 5) is 12.5. The van der Waals surface area contributed by atoms with E-state index in [0.717, 1.165) is 29.7 Å². The number of unbranched alkanes of at least 4 members (excludes halogenated alkanes) is 1. The van der Waals surface area contributed by atoms with Crippen LogP contribution < -0.4 is 19.5 Å². The average molecular weight is 386 g/mol. The zero-order valence-electron chi connectivity index (χ0n) is 17.3. The van der Waals surface area contributed by atoms with Gasteiger partial charge in [0.25, 0.3) is 5.91 Å². The number of hydrogen-bond donors (Lipinski definition) is 1. The zero-order chi connectivity index (χ0) is 20.4. The molecule has 0 aromatic heterocycles. The van der Waals surface area contributed by atoms with Crippen LogP contribution in [0.1, 0.15) is 44.2 Å². The van der Waals surface area contributed by atoms with Crippen molar-refractivity contribution in [2.75, 3.05) is 13.7 Å². The molecular formula is C23H31NO4. The highest BCUT2D eigenvalue weighted by Gasteiger charge is 2.18. The predicted octanol–water partition coefficient (Wildman–Crippen LogP) is 4.66. The molecule has 0 heterocycles. The summed E-state index contributed by atoms with van der Waals surface area (Å²) in [5.74, 6) is 1.97. The highest BCUT2D eigenvalue weighted by Crippen LogP contribution is 2.28. The lowest BCUT2D eigenvalue weighted by Crippen LogP contribution is -2.37. The summed E-state index contributed by atoms with van der Waals surface area (Å²) in [6.45, 7) is 7.12. The van der Waals surface area contributed by atoms with Crippen molar-refractivity contribution in [3.8, 4) is 17.2 Å². The average Bonchev–Trinajstić information content (AvgIpc) is 2.71. The molecule has 2 aromatic carbocycles. The Hall–Kier alpha value is -2.69. The minimum Gasteiger partial charge on any atom is -0.493 e. The smallest absolute Gasteiger partial charge is 0.261 e. The van der Waals surface area contributed by atoms with Gasteiger partial charge in [0.15, 0.2) is 17.6 Å². The summed E-state index contributed by atoms with van der Waals surface area (Å²) in [5, 5.41) is 2.95. The first-order valence-corrected chi connectivity index (χ1v) is 9.88. The number of amides is 1. The summed E-state index contributed by atoms with van der Waals surface area (Å²) in [6, 6.07) is 13.4. The molecule has 0 saturated heterocycles. The molecule has 0 radical (unpaired) electrons. The molecular weight excluding hydrogens is 354 g/mol. The van der Waals surface area contributed by atoms with Gasteiger partial charge in [-0.3, -0.25) is 4.79 Å². The molecule has 5 heteroatoms. The van der Waals surface area contributed by atoms with E-state index in [1.807, 2.05) is 56.3 Å². The Bertz CT molecular complexity index is 760. The maximum Gasteiger partial charge on any atom is 0.261 e. The third kappa shape index (κ3) is 6.48. The quantitative estimate of drug-likeness (QED) is 0.572. The third-order valence-corrected chi connectivity index (χ3v) is 4.38. The van der Waals surface area contributed by atoms with Gasteiger partial charge in [0.1, 0.15) is 5.75 Å². The Morgan fingerprint density at radius 3 is 2.61 bits per heavy atom. The van der Waals surface area contributed by atoms with Crippen molar-refractivity contribution >= 4 is 5.91 Å². The summed E-state index contributed by atoms with van der Waals surface area (Å²) in [5.41, 5.74) is 2.04. The van der Waals surface area contributed by atoms with E-state index in [1.54, 1.807) is 7.11 Å². The highest BCUT2D eigenvalue weighted by atomic mass is 16.5. The number of rotatable bonds is 11. The fraction of sp³-hybridized carbons (Fsp3) is 0.435. The van der Waals surface area contributed by atoms with E-state index in [2.05, 4.69) is 12.2 Å². The molecule has 1 unspecified atom stereocenters. The maximum atomic E-state index is 12.5. The van der Waals surface area contributed by atoms with Gasteiger partial charge in [-0.2, -0.15) is 0 Å². The van der Waals surface area contributed by atoms with E-state index in [1.165, 1.54) is 0 Å². The Labute approximate surface area is 168 Å². The van der Waals surface area contributed by atoms with Crippen molar-refractivity contribution < 1.29 is 19.0 Å². The Morgan fingerprint density at radius 1 is 1.11 bits per heavy atom. The summed E-state index contributed by atoms with van der Waals surface area (Å²) in [7, 11) is 1.62. The van der Waals surface area contributed by atoms with Crippen LogP contribution in [0.25, 0.3) is 0 Å². The van der Waals surface area contributed by atoms with Crippen LogP contribution in [0.4, 0.5) is 0 Å². The molecule has 0 spiro atoms. The first kappa shape index (κ1) is 21.6. The summed E-state index contributed by atoms with van der Waals surface area (Å²) in [6.07, 6.45) is 2.14. The van der Waals surface area contributed by atoms with Crippen LogP contribution in [0, 0.1) is 6.92 Å². The monoisotopic (exact) mass is 385 g/mol. The number of ether oxygens (including phenoxy) is 3. The lowest BCUT2D eigenvalue weighted by atomic mass is 10.2. The Balaban J connectivity index is 1.94. The van der Waals surface area contributed by atoms with Crippen molar-refractivity contribution in [2.24, 2.45) is 0 Å². The van der Waals surface area contributed by atoms with E-state index in [4.69, 9.17) is 14.2 Å². The van der Waals surface area contributed by atoms with Gasteiger partial charge in [-0.25, -0.2) is 0 Å². The van der Waals surface area contributed by atoms with Crippen molar-refractivity contribution in [1.29, 1.82) is 0 Å². The van der Waals surface area contributed by atoms with Crippen LogP contribution in [0.2, 0.25) is 0 Å². The summed E-state index contributed by atoms with van der Waals surface area (Å²) >= 11 is 0. The molecule has 5 nitrogen and oxygen atoms in total. The lowest BCUT2D eigenvalue weighted by molar-refractivity contribution is -0.128. The van der Waals surface area contributed by atoms with Gasteiger partial charge in [0.05, 0.1) is 13.7 Å². The molecule has 1 N–H and O–H groups in total. The number of benzene rings is 2. The Kier molecular flexibility index (Phi) is 8.66. The number of aryl methyl sites for hydroxylation is 1. The zero-order valence-corrected chi connectivity index (χ0v) is 17.3. The SMILES string of the molecule is CCCCOc1ccc(CNC(=O)C(CC)Oc2cccc(C)c2)cc1OC. The first-order valence-electron chi connectivity index (χ1n) is 9.88. The number of carbonyl (C=O) groups excluding carboxylic acids is 1. The predicted molar refractivity (Wildman–Crippen MR) is 111 cm³/mol. The van der Waals surface area contributed by atoms with Crippen LogP contribution in [0.5, 0.6) is 17.2 Å². The number of hydrogen-bond acceptors (Lipinski definition) is 4. The minimum atomic E-state index is -0.527. The molecule has 152 valence electrons. The van der Waals surface area contributed by atoms with Gasteiger partial charge in [-0.05, 0) is 55.2 Å². The van der Waals surface area contributed by atoms with Gasteiger partial charge >= 0.3 is 0 Å². The number of carbonyl (C=O) groups is 1. The van der Waals surface area contributed by atoms with E-state index >= 15 is 0 Å². The van der Waals surface area contributed by atoms with Crippen LogP contribution in [0.3, 0.4) is 0 Å². The molecule has 2 aromatic rings. The fourth-order valence-electron chi connectivity index (χ4n) is 2.75. The lowest BCUT2D eigenvalue weighted by Gasteiger charge is -2.18. The molecule has 1 atom stereocenters. The van der Waals surface area contributed by atoms with Gasteiger partial charge < -0.3 is 19.5 Å². The van der Waals surface area contributed by atoms with Crippen LogP contribution in [-0.4, -0.2) is 25.7 Å². The molecule has 0 aliphatic carbocycles. The summed E-state index contributed by atoms with van der Waals surface area (Å²) < 4.78 is 17.0. The third-order valence-electron chi connectivity index (χ3n) is 4.38. The fourth-order valence-corrected chi connectivity index (χ4v) is 2.75. The second-order valence-electron chi connectivity index (χ2n) is 6.74. The molecule has 0 saturated carbocycles. The molecule has 0 bridgehead atoms. The highest BCUT2D eigenvalue weighted by molar-refractivity contribution is 5.81. The van der Waals surface area contributed by atoms with Gasteiger partial charge in [0, 0.05) is 6.54 Å². The standard InChI is InChI=1S/C23H31NO4/c1-5-7-13-27-21-12-11-18(15-22(21)26-4)16-24-23(25)20(6-2)28-19-10-8-9-17(3)14-19/h8-12,14-15,20H,5-7,13,16H2,1-4H3,(H,24,25). The molecule has 0 aliphatic heterocycles. The number of nitrogens with one attached hydrogen (secondary N) is 1. The van der Waals surface area contributed by atoms with E-state index in [-0.39, 0.29) is 5.91 Å². The molecule has 2 rings (SSSR count). The topological polar surface area (TPSA) is 56.8 Å². The largest absolute Gasteiger partial charge is 0.493 e. The van der Waals surface area contributed by atoms with Gasteiger partial charge in [-0.15, -0.1) is 0 Å². The van der Waals surface area contributed by atoms with Crippen LogP contribution >= 0.6 is 0 Å². The maximum absolute atomic E-state index is 12.5. The van der Waals surface area contributed by atoms with Crippen LogP contribution in [0.15, 0.2) is 42.5 Å². The molecule has 0 fully saturated rings. The van der Waals surface area contributed by atoms with Crippen molar-refractivity contribution in [3.05, 3.63) is 53.6 Å². The van der Waals surface area contributed by atoms with Gasteiger partial charge in [-0.1, -0.05) is 38.5 Å². The van der Waals surface area contributed by atoms with Crippen LogP contribution in [-0.2, 0) is 11.3 Å². The molecule has 1 amide bonds. The normalized spacial score (nSPS) is 11.6. The van der Waals surface area contributed by atoms with E-state index < -0.39 is 6.10 Å². The van der Waals surface area contributed by atoms with E-state index in [9.17, 15) is 4.79 Å². The van der Waals surface area contributed by atoms with Crippen molar-refractivity contribution in [2.45, 2.75) is 52.7 Å². The van der Waals surface area contributed by atoms with Crippen molar-refractivity contribution in [1.82, 2.24) is 5.32 Å². The second-order valence-corrected chi connectivity index (χ2v) is 6.74. The first-order chi connectivity index (χ1) is 13.6. The van der Waals surface area contributed by atoms with E-state index in [0.29, 0.717) is 31.1 Å². The van der Waals surface area contributed by atoms with Gasteiger partial charge in [0.2, 0.25) is 0 Å². The molecule has 28 heavy (non-hydrogen) atoms. The Morgan fingerprint density at radius 2 is 1.93 bits per heavy atom.